The van der Waals surface area contributed by atoms with Gasteiger partial charge in [-0.1, -0.05) is 26.0 Å². The Morgan fingerprint density at radius 2 is 1.65 bits per heavy atom. The summed E-state index contributed by atoms with van der Waals surface area (Å²) in [5.41, 5.74) is 3.41. The van der Waals surface area contributed by atoms with Gasteiger partial charge in [0.1, 0.15) is 0 Å². The predicted molar refractivity (Wildman–Crippen MR) is 95.7 cm³/mol. The van der Waals surface area contributed by atoms with Crippen molar-refractivity contribution in [1.29, 1.82) is 0 Å². The van der Waals surface area contributed by atoms with Crippen molar-refractivity contribution in [2.75, 3.05) is 5.32 Å². The fourth-order valence-electron chi connectivity index (χ4n) is 2.11. The molecule has 0 aliphatic carbocycles. The first-order chi connectivity index (χ1) is 10.8. The van der Waals surface area contributed by atoms with Crippen molar-refractivity contribution in [3.63, 3.8) is 0 Å². The molecule has 6 heteroatoms. The molecule has 2 aromatic rings. The Kier molecular flexibility index (Phi) is 5.39. The lowest BCUT2D eigenvalue weighted by atomic mass is 10.0. The molecule has 2 N–H and O–H groups in total. The molecule has 1 aromatic carbocycles. The molecule has 0 atom stereocenters. The number of anilines is 1. The van der Waals surface area contributed by atoms with E-state index in [4.69, 9.17) is 12.2 Å². The summed E-state index contributed by atoms with van der Waals surface area (Å²) in [6.07, 6.45) is 0. The van der Waals surface area contributed by atoms with Gasteiger partial charge in [0.2, 0.25) is 5.95 Å². The lowest BCUT2D eigenvalue weighted by Gasteiger charge is -2.10. The Labute approximate surface area is 141 Å². The molecule has 0 unspecified atom stereocenters. The molecule has 0 radical (unpaired) electrons. The van der Waals surface area contributed by atoms with Crippen LogP contribution in [-0.4, -0.2) is 21.0 Å². The third-order valence-corrected chi connectivity index (χ3v) is 3.48. The topological polar surface area (TPSA) is 66.9 Å². The van der Waals surface area contributed by atoms with Crippen LogP contribution in [0.1, 0.15) is 47.1 Å². The smallest absolute Gasteiger partial charge is 0.257 e. The molecule has 23 heavy (non-hydrogen) atoms. The second-order valence-electron chi connectivity index (χ2n) is 5.66. The highest BCUT2D eigenvalue weighted by Crippen LogP contribution is 2.14. The molecule has 1 amide bonds. The molecule has 0 saturated heterocycles. The lowest BCUT2D eigenvalue weighted by Crippen LogP contribution is -2.34. The summed E-state index contributed by atoms with van der Waals surface area (Å²) in [6.45, 7) is 7.96. The number of hydrogen-bond acceptors (Lipinski definition) is 4. The van der Waals surface area contributed by atoms with E-state index in [1.807, 2.05) is 32.0 Å². The van der Waals surface area contributed by atoms with E-state index < -0.39 is 0 Å². The Balaban J connectivity index is 2.00. The van der Waals surface area contributed by atoms with Crippen molar-refractivity contribution in [2.24, 2.45) is 0 Å². The summed E-state index contributed by atoms with van der Waals surface area (Å²) in [7, 11) is 0. The van der Waals surface area contributed by atoms with Gasteiger partial charge in [-0.05, 0) is 55.7 Å². The summed E-state index contributed by atoms with van der Waals surface area (Å²) in [4.78, 5) is 20.6. The fraction of sp³-hybridized carbons (Fsp3) is 0.294. The van der Waals surface area contributed by atoms with E-state index in [1.165, 1.54) is 5.56 Å². The molecule has 2 rings (SSSR count). The minimum Gasteiger partial charge on any atom is -0.301 e. The molecule has 1 heterocycles. The molecule has 0 spiro atoms. The van der Waals surface area contributed by atoms with Crippen LogP contribution >= 0.6 is 12.2 Å². The molecule has 5 nitrogen and oxygen atoms in total. The van der Waals surface area contributed by atoms with Crippen LogP contribution in [-0.2, 0) is 0 Å². The average molecular weight is 328 g/mol. The van der Waals surface area contributed by atoms with E-state index in [0.29, 0.717) is 17.4 Å². The van der Waals surface area contributed by atoms with Gasteiger partial charge in [0.15, 0.2) is 5.11 Å². The van der Waals surface area contributed by atoms with E-state index in [-0.39, 0.29) is 11.0 Å². The number of benzene rings is 1. The zero-order valence-corrected chi connectivity index (χ0v) is 14.5. The minimum absolute atomic E-state index is 0.174. The Bertz CT molecular complexity index is 706. The van der Waals surface area contributed by atoms with E-state index in [1.54, 1.807) is 12.1 Å². The summed E-state index contributed by atoms with van der Waals surface area (Å²) in [6, 6.07) is 9.34. The number of aromatic nitrogens is 2. The maximum Gasteiger partial charge on any atom is 0.257 e. The number of nitrogens with zero attached hydrogens (tertiary/aromatic N) is 2. The number of hydrogen-bond donors (Lipinski definition) is 2. The highest BCUT2D eigenvalue weighted by molar-refractivity contribution is 7.80. The van der Waals surface area contributed by atoms with Crippen LogP contribution in [0.3, 0.4) is 0 Å². The molecule has 0 saturated carbocycles. The van der Waals surface area contributed by atoms with Crippen molar-refractivity contribution >= 4 is 29.2 Å². The van der Waals surface area contributed by atoms with Crippen molar-refractivity contribution in [2.45, 2.75) is 33.6 Å². The summed E-state index contributed by atoms with van der Waals surface area (Å²) < 4.78 is 0. The molecular formula is C17H20N4OS. The normalized spacial score (nSPS) is 10.5. The molecule has 0 aliphatic heterocycles. The number of nitrogens with one attached hydrogen (secondary N) is 2. The zero-order valence-electron chi connectivity index (χ0n) is 13.7. The number of rotatable bonds is 3. The first-order valence-corrected chi connectivity index (χ1v) is 7.80. The highest BCUT2D eigenvalue weighted by Gasteiger charge is 2.10. The average Bonchev–Trinajstić information content (AvgIpc) is 2.45. The van der Waals surface area contributed by atoms with Gasteiger partial charge < -0.3 is 5.32 Å². The Morgan fingerprint density at radius 3 is 2.17 bits per heavy atom. The number of carbonyl (C=O) groups excluding carboxylic acids is 1. The Hall–Kier alpha value is -2.34. The first-order valence-electron chi connectivity index (χ1n) is 7.39. The van der Waals surface area contributed by atoms with Crippen molar-refractivity contribution in [3.8, 4) is 0 Å². The number of carbonyl (C=O) groups is 1. The van der Waals surface area contributed by atoms with Gasteiger partial charge in [0.05, 0.1) is 0 Å². The largest absolute Gasteiger partial charge is 0.301 e. The van der Waals surface area contributed by atoms with Gasteiger partial charge in [-0.3, -0.25) is 10.1 Å². The van der Waals surface area contributed by atoms with Gasteiger partial charge in [-0.15, -0.1) is 0 Å². The van der Waals surface area contributed by atoms with Gasteiger partial charge in [0.25, 0.3) is 5.91 Å². The maximum atomic E-state index is 12.2. The number of amides is 1. The van der Waals surface area contributed by atoms with Crippen LogP contribution in [0.15, 0.2) is 30.3 Å². The lowest BCUT2D eigenvalue weighted by molar-refractivity contribution is 0.0977. The second kappa shape index (κ2) is 7.28. The van der Waals surface area contributed by atoms with E-state index in [0.717, 1.165) is 11.4 Å². The monoisotopic (exact) mass is 328 g/mol. The molecule has 0 fully saturated rings. The quantitative estimate of drug-likeness (QED) is 0.846. The summed E-state index contributed by atoms with van der Waals surface area (Å²) >= 11 is 5.14. The maximum absolute atomic E-state index is 12.2. The van der Waals surface area contributed by atoms with Crippen LogP contribution in [0, 0.1) is 13.8 Å². The minimum atomic E-state index is -0.262. The van der Waals surface area contributed by atoms with Crippen molar-refractivity contribution in [3.05, 3.63) is 52.8 Å². The van der Waals surface area contributed by atoms with Crippen molar-refractivity contribution < 1.29 is 4.79 Å². The van der Waals surface area contributed by atoms with E-state index in [9.17, 15) is 4.79 Å². The first kappa shape index (κ1) is 17.0. The third kappa shape index (κ3) is 4.82. The van der Waals surface area contributed by atoms with Crippen molar-refractivity contribution in [1.82, 2.24) is 15.3 Å². The second-order valence-corrected chi connectivity index (χ2v) is 6.07. The van der Waals surface area contributed by atoms with Crippen LogP contribution in [0.4, 0.5) is 5.95 Å². The SMILES string of the molecule is Cc1cc(C)nc(NC(=S)NC(=O)c2ccc(C(C)C)cc2)n1. The van der Waals surface area contributed by atoms with E-state index >= 15 is 0 Å². The number of aryl methyl sites for hydroxylation is 2. The highest BCUT2D eigenvalue weighted by atomic mass is 32.1. The molecule has 120 valence electrons. The third-order valence-electron chi connectivity index (χ3n) is 3.27. The zero-order chi connectivity index (χ0) is 17.0. The van der Waals surface area contributed by atoms with Gasteiger partial charge in [0, 0.05) is 17.0 Å². The van der Waals surface area contributed by atoms with Crippen LogP contribution in [0.5, 0.6) is 0 Å². The van der Waals surface area contributed by atoms with E-state index in [2.05, 4.69) is 34.4 Å². The van der Waals surface area contributed by atoms with Gasteiger partial charge in [-0.25, -0.2) is 9.97 Å². The molecular weight excluding hydrogens is 308 g/mol. The summed E-state index contributed by atoms with van der Waals surface area (Å²) in [5, 5.41) is 5.64. The van der Waals surface area contributed by atoms with Crippen LogP contribution < -0.4 is 10.6 Å². The van der Waals surface area contributed by atoms with Crippen LogP contribution in [0.25, 0.3) is 0 Å². The fourth-order valence-corrected chi connectivity index (χ4v) is 2.29. The van der Waals surface area contributed by atoms with Gasteiger partial charge in [-0.2, -0.15) is 0 Å². The number of thiocarbonyl (C=S) groups is 1. The predicted octanol–water partition coefficient (Wildman–Crippen LogP) is 3.34. The van der Waals surface area contributed by atoms with Gasteiger partial charge >= 0.3 is 0 Å². The summed E-state index contributed by atoms with van der Waals surface area (Å²) in [5.74, 6) is 0.543. The molecule has 0 bridgehead atoms. The molecule has 1 aromatic heterocycles. The van der Waals surface area contributed by atoms with Crippen LogP contribution in [0.2, 0.25) is 0 Å². The molecule has 0 aliphatic rings. The standard InChI is InChI=1S/C17H20N4OS/c1-10(2)13-5-7-14(8-6-13)15(22)20-17(23)21-16-18-11(3)9-12(4)19-16/h5-10H,1-4H3,(H2,18,19,20,21,22,23). The Morgan fingerprint density at radius 1 is 1.09 bits per heavy atom.